The molecule has 1 aliphatic heterocycles. The molecule has 2 atom stereocenters. The normalized spacial score (nSPS) is 27.1. The van der Waals surface area contributed by atoms with Crippen LogP contribution in [0.2, 0.25) is 0 Å². The number of nitrogens with one attached hydrogen (secondary N) is 1. The van der Waals surface area contributed by atoms with E-state index in [-0.39, 0.29) is 12.3 Å². The molecule has 1 saturated heterocycles. The first-order valence-electron chi connectivity index (χ1n) is 6.62. The summed E-state index contributed by atoms with van der Waals surface area (Å²) in [5.41, 5.74) is 3.45. The largest absolute Gasteiger partial charge is 0.481 e. The van der Waals surface area contributed by atoms with Crippen LogP contribution in [0.4, 0.5) is 0 Å². The zero-order chi connectivity index (χ0) is 12.5. The number of rotatable bonds is 3. The first-order valence-corrected chi connectivity index (χ1v) is 6.62. The van der Waals surface area contributed by atoms with Gasteiger partial charge in [0.25, 0.3) is 0 Å². The van der Waals surface area contributed by atoms with Gasteiger partial charge >= 0.3 is 5.97 Å². The zero-order valence-corrected chi connectivity index (χ0v) is 10.3. The van der Waals surface area contributed by atoms with Crippen molar-refractivity contribution >= 4 is 5.97 Å². The summed E-state index contributed by atoms with van der Waals surface area (Å²) in [5.74, 6) is -0.225. The average molecular weight is 250 g/mol. The van der Waals surface area contributed by atoms with Gasteiger partial charge < -0.3 is 9.84 Å². The van der Waals surface area contributed by atoms with Gasteiger partial charge in [-0.05, 0) is 31.2 Å². The van der Waals surface area contributed by atoms with Crippen LogP contribution in [0.15, 0.2) is 0 Å². The van der Waals surface area contributed by atoms with Crippen LogP contribution in [0.1, 0.15) is 54.5 Å². The van der Waals surface area contributed by atoms with E-state index in [1.54, 1.807) is 0 Å². The number of carbonyl (C=O) groups is 1. The first-order chi connectivity index (χ1) is 8.75. The molecule has 0 saturated carbocycles. The second-order valence-electron chi connectivity index (χ2n) is 5.25. The van der Waals surface area contributed by atoms with Crippen LogP contribution in [-0.4, -0.2) is 34.5 Å². The molecule has 2 aliphatic rings. The van der Waals surface area contributed by atoms with Crippen molar-refractivity contribution < 1.29 is 14.6 Å². The van der Waals surface area contributed by atoms with Gasteiger partial charge in [0.05, 0.1) is 18.7 Å². The second kappa shape index (κ2) is 4.72. The van der Waals surface area contributed by atoms with Gasteiger partial charge in [0.2, 0.25) is 0 Å². The Bertz CT molecular complexity index is 449. The summed E-state index contributed by atoms with van der Waals surface area (Å²) in [6.07, 6.45) is 4.26. The third kappa shape index (κ3) is 2.03. The quantitative estimate of drug-likeness (QED) is 0.857. The van der Waals surface area contributed by atoms with E-state index in [9.17, 15) is 4.79 Å². The molecule has 5 nitrogen and oxygen atoms in total. The maximum Gasteiger partial charge on any atom is 0.304 e. The standard InChI is InChI=1S/C13H18N2O3/c16-11(17)6-8-2-1-3-10-12(8)14-15-13(10)9-4-5-18-7-9/h8-9H,1-7H2,(H,14,15)(H,16,17). The molecule has 0 amide bonds. The van der Waals surface area contributed by atoms with Gasteiger partial charge in [0.15, 0.2) is 0 Å². The number of carboxylic acid groups (broad SMARTS) is 1. The number of hydrogen-bond acceptors (Lipinski definition) is 3. The summed E-state index contributed by atoms with van der Waals surface area (Å²) in [5, 5.41) is 16.5. The molecular weight excluding hydrogens is 232 g/mol. The molecule has 98 valence electrons. The van der Waals surface area contributed by atoms with E-state index in [0.29, 0.717) is 5.92 Å². The van der Waals surface area contributed by atoms with E-state index in [2.05, 4.69) is 10.2 Å². The Morgan fingerprint density at radius 1 is 1.50 bits per heavy atom. The predicted octanol–water partition coefficient (Wildman–Crippen LogP) is 1.81. The highest BCUT2D eigenvalue weighted by Crippen LogP contribution is 2.37. The van der Waals surface area contributed by atoms with Crippen molar-refractivity contribution in [2.45, 2.75) is 43.9 Å². The molecule has 2 heterocycles. The van der Waals surface area contributed by atoms with Gasteiger partial charge in [-0.15, -0.1) is 0 Å². The average Bonchev–Trinajstić information content (AvgIpc) is 2.96. The summed E-state index contributed by atoms with van der Waals surface area (Å²) in [7, 11) is 0. The molecule has 0 spiro atoms. The van der Waals surface area contributed by atoms with Crippen molar-refractivity contribution in [3.8, 4) is 0 Å². The van der Waals surface area contributed by atoms with Crippen molar-refractivity contribution in [1.82, 2.24) is 10.2 Å². The fourth-order valence-electron chi connectivity index (χ4n) is 3.17. The third-order valence-corrected chi connectivity index (χ3v) is 4.06. The monoisotopic (exact) mass is 250 g/mol. The maximum atomic E-state index is 10.9. The number of hydrogen-bond donors (Lipinski definition) is 2. The molecule has 0 radical (unpaired) electrons. The number of nitrogens with zero attached hydrogens (tertiary/aromatic N) is 1. The van der Waals surface area contributed by atoms with Gasteiger partial charge in [0.1, 0.15) is 0 Å². The molecule has 1 aliphatic carbocycles. The Balaban J connectivity index is 1.87. The van der Waals surface area contributed by atoms with Crippen LogP contribution in [0.25, 0.3) is 0 Å². The van der Waals surface area contributed by atoms with Gasteiger partial charge in [0, 0.05) is 24.1 Å². The van der Waals surface area contributed by atoms with E-state index >= 15 is 0 Å². The fourth-order valence-corrected chi connectivity index (χ4v) is 3.17. The van der Waals surface area contributed by atoms with Crippen molar-refractivity contribution in [1.29, 1.82) is 0 Å². The lowest BCUT2D eigenvalue weighted by molar-refractivity contribution is -0.137. The van der Waals surface area contributed by atoms with Crippen molar-refractivity contribution in [2.24, 2.45) is 0 Å². The Labute approximate surface area is 106 Å². The van der Waals surface area contributed by atoms with Crippen LogP contribution in [0, 0.1) is 0 Å². The lowest BCUT2D eigenvalue weighted by Gasteiger charge is -2.21. The highest BCUT2D eigenvalue weighted by atomic mass is 16.5. The smallest absolute Gasteiger partial charge is 0.304 e. The Kier molecular flexibility index (Phi) is 3.07. The van der Waals surface area contributed by atoms with Crippen molar-refractivity contribution in [3.63, 3.8) is 0 Å². The topological polar surface area (TPSA) is 75.2 Å². The van der Waals surface area contributed by atoms with Gasteiger partial charge in [-0.25, -0.2) is 0 Å². The van der Waals surface area contributed by atoms with Gasteiger partial charge in [-0.3, -0.25) is 9.89 Å². The summed E-state index contributed by atoms with van der Waals surface area (Å²) in [6.45, 7) is 1.56. The highest BCUT2D eigenvalue weighted by Gasteiger charge is 2.31. The van der Waals surface area contributed by atoms with E-state index in [1.807, 2.05) is 0 Å². The van der Waals surface area contributed by atoms with E-state index < -0.39 is 5.97 Å². The SMILES string of the molecule is O=C(O)CC1CCCc2c(C3CCOC3)n[nH]c21. The molecule has 1 fully saturated rings. The van der Waals surface area contributed by atoms with Crippen LogP contribution in [0.5, 0.6) is 0 Å². The van der Waals surface area contributed by atoms with Crippen LogP contribution >= 0.6 is 0 Å². The Morgan fingerprint density at radius 2 is 2.39 bits per heavy atom. The van der Waals surface area contributed by atoms with Crippen LogP contribution in [-0.2, 0) is 16.0 Å². The molecule has 3 rings (SSSR count). The van der Waals surface area contributed by atoms with Crippen molar-refractivity contribution in [3.05, 3.63) is 17.0 Å². The molecule has 1 aromatic rings. The molecule has 2 N–H and O–H groups in total. The van der Waals surface area contributed by atoms with Crippen LogP contribution in [0.3, 0.4) is 0 Å². The minimum absolute atomic E-state index is 0.106. The Hall–Kier alpha value is -1.36. The lowest BCUT2D eigenvalue weighted by atomic mass is 9.83. The second-order valence-corrected chi connectivity index (χ2v) is 5.25. The molecule has 0 bridgehead atoms. The minimum atomic E-state index is -0.729. The maximum absolute atomic E-state index is 10.9. The summed E-state index contributed by atoms with van der Waals surface area (Å²) >= 11 is 0. The number of carboxylic acids is 1. The third-order valence-electron chi connectivity index (χ3n) is 4.06. The van der Waals surface area contributed by atoms with Gasteiger partial charge in [-0.2, -0.15) is 5.10 Å². The Morgan fingerprint density at radius 3 is 3.11 bits per heavy atom. The van der Waals surface area contributed by atoms with E-state index in [0.717, 1.165) is 50.3 Å². The van der Waals surface area contributed by atoms with E-state index in [1.165, 1.54) is 5.56 Å². The summed E-state index contributed by atoms with van der Waals surface area (Å²) in [6, 6.07) is 0. The lowest BCUT2D eigenvalue weighted by Crippen LogP contribution is -2.14. The minimum Gasteiger partial charge on any atom is -0.481 e. The van der Waals surface area contributed by atoms with E-state index in [4.69, 9.17) is 9.84 Å². The first kappa shape index (κ1) is 11.7. The number of aliphatic carboxylic acids is 1. The molecule has 1 aromatic heterocycles. The molecule has 5 heteroatoms. The van der Waals surface area contributed by atoms with Crippen molar-refractivity contribution in [2.75, 3.05) is 13.2 Å². The highest BCUT2D eigenvalue weighted by molar-refractivity contribution is 5.68. The predicted molar refractivity (Wildman–Crippen MR) is 64.7 cm³/mol. The molecular formula is C13H18N2O3. The summed E-state index contributed by atoms with van der Waals surface area (Å²) < 4.78 is 5.42. The van der Waals surface area contributed by atoms with Crippen LogP contribution < -0.4 is 0 Å². The summed E-state index contributed by atoms with van der Waals surface area (Å²) in [4.78, 5) is 10.9. The molecule has 0 aromatic carbocycles. The fraction of sp³-hybridized carbons (Fsp3) is 0.692. The number of aromatic nitrogens is 2. The number of fused-ring (bicyclic) bond motifs is 1. The number of ether oxygens (including phenoxy) is 1. The zero-order valence-electron chi connectivity index (χ0n) is 10.3. The molecule has 2 unspecified atom stereocenters. The van der Waals surface area contributed by atoms with Gasteiger partial charge in [-0.1, -0.05) is 0 Å². The number of H-pyrrole nitrogens is 1. The molecule has 18 heavy (non-hydrogen) atoms. The number of aromatic amines is 1.